The van der Waals surface area contributed by atoms with Crippen molar-refractivity contribution in [2.45, 2.75) is 45.4 Å². The highest BCUT2D eigenvalue weighted by Crippen LogP contribution is 2.42. The fourth-order valence-corrected chi connectivity index (χ4v) is 5.10. The Balaban J connectivity index is 1.89. The van der Waals surface area contributed by atoms with Gasteiger partial charge in [0.05, 0.1) is 22.5 Å². The second-order valence-corrected chi connectivity index (χ2v) is 9.43. The fourth-order valence-electron chi connectivity index (χ4n) is 4.90. The van der Waals surface area contributed by atoms with Gasteiger partial charge < -0.3 is 10.4 Å². The number of nitrogens with one attached hydrogen (secondary N) is 1. The Labute approximate surface area is 207 Å². The van der Waals surface area contributed by atoms with Crippen molar-refractivity contribution in [3.63, 3.8) is 0 Å². The van der Waals surface area contributed by atoms with Crippen molar-refractivity contribution in [3.05, 3.63) is 63.6 Å². The van der Waals surface area contributed by atoms with E-state index in [9.17, 15) is 19.5 Å². The summed E-state index contributed by atoms with van der Waals surface area (Å²) in [5.74, 6) is -2.66. The summed E-state index contributed by atoms with van der Waals surface area (Å²) < 4.78 is 16.3. The first-order valence-corrected chi connectivity index (χ1v) is 12.0. The van der Waals surface area contributed by atoms with Gasteiger partial charge in [-0.3, -0.25) is 9.59 Å². The summed E-state index contributed by atoms with van der Waals surface area (Å²) in [4.78, 5) is 37.5. The van der Waals surface area contributed by atoms with E-state index >= 15 is 4.39 Å². The maximum Gasteiger partial charge on any atom is 0.335 e. The van der Waals surface area contributed by atoms with Gasteiger partial charge in [0.25, 0.3) is 5.91 Å². The van der Waals surface area contributed by atoms with Crippen molar-refractivity contribution in [1.29, 1.82) is 0 Å². The summed E-state index contributed by atoms with van der Waals surface area (Å²) in [5, 5.41) is 16.5. The number of carboxylic acids is 1. The minimum atomic E-state index is -1.24. The van der Waals surface area contributed by atoms with Gasteiger partial charge in [0.2, 0.25) is 5.91 Å². The highest BCUT2D eigenvalue weighted by Gasteiger charge is 2.36. The predicted octanol–water partition coefficient (Wildman–Crippen LogP) is 4.75. The monoisotopic (exact) mass is 499 g/mol. The molecule has 184 valence electrons. The van der Waals surface area contributed by atoms with E-state index in [0.717, 1.165) is 24.5 Å². The third kappa shape index (κ3) is 4.67. The van der Waals surface area contributed by atoms with Crippen LogP contribution in [0.25, 0.3) is 11.3 Å². The Morgan fingerprint density at radius 3 is 2.51 bits per heavy atom. The molecule has 0 spiro atoms. The van der Waals surface area contributed by atoms with Crippen LogP contribution in [-0.4, -0.2) is 39.7 Å². The molecule has 4 rings (SSSR count). The zero-order valence-electron chi connectivity index (χ0n) is 19.7. The van der Waals surface area contributed by atoms with Crippen LogP contribution >= 0.6 is 11.6 Å². The number of aromatic carboxylic acids is 1. The maximum atomic E-state index is 15.0. The molecule has 2 aliphatic carbocycles. The van der Waals surface area contributed by atoms with Crippen LogP contribution < -0.4 is 5.32 Å². The lowest BCUT2D eigenvalue weighted by Gasteiger charge is -2.22. The first-order chi connectivity index (χ1) is 16.7. The third-order valence-corrected chi connectivity index (χ3v) is 7.00. The molecule has 7 nitrogen and oxygen atoms in total. The SMILES string of the molecule is C=C(Cl)/C(C(=O)n1nc(-c2ccc(C(=O)O)cc2F)c2c1CC(C(=O)NC)CC2)=C(\CC)C1CC1. The molecule has 1 amide bonds. The fraction of sp³-hybridized carbons (Fsp3) is 0.385. The van der Waals surface area contributed by atoms with Crippen LogP contribution in [0.2, 0.25) is 0 Å². The average Bonchev–Trinajstić information content (AvgIpc) is 3.61. The average molecular weight is 500 g/mol. The number of halogens is 2. The van der Waals surface area contributed by atoms with Gasteiger partial charge in [0.15, 0.2) is 0 Å². The molecular formula is C26H27ClFN3O4. The van der Waals surface area contributed by atoms with Crippen LogP contribution in [-0.2, 0) is 17.6 Å². The highest BCUT2D eigenvalue weighted by molar-refractivity contribution is 6.35. The predicted molar refractivity (Wildman–Crippen MR) is 130 cm³/mol. The van der Waals surface area contributed by atoms with E-state index in [0.29, 0.717) is 36.1 Å². The second-order valence-electron chi connectivity index (χ2n) is 8.98. The van der Waals surface area contributed by atoms with E-state index in [2.05, 4.69) is 17.0 Å². The third-order valence-electron chi connectivity index (χ3n) is 6.81. The van der Waals surface area contributed by atoms with E-state index < -0.39 is 17.7 Å². The lowest BCUT2D eigenvalue weighted by atomic mass is 9.85. The standard InChI is InChI=1S/C26H27ClFN3O4/c1-4-17(14-5-6-14)22(13(2)27)25(33)31-21-12-15(24(32)29-3)7-10-19(21)23(30-31)18-9-8-16(26(34)35)11-20(18)28/h8-9,11,14-15H,2,4-7,10,12H2,1,3H3,(H,29,32)(H,34,35)/b22-17-. The van der Waals surface area contributed by atoms with E-state index in [1.54, 1.807) is 7.05 Å². The molecule has 1 fully saturated rings. The van der Waals surface area contributed by atoms with E-state index in [1.165, 1.54) is 16.8 Å². The van der Waals surface area contributed by atoms with Crippen LogP contribution in [0.1, 0.15) is 59.0 Å². The topological polar surface area (TPSA) is 101 Å². The number of carbonyl (C=O) groups excluding carboxylic acids is 2. The number of benzene rings is 1. The van der Waals surface area contributed by atoms with E-state index in [-0.39, 0.29) is 46.0 Å². The minimum Gasteiger partial charge on any atom is -0.478 e. The molecule has 9 heteroatoms. The number of hydrogen-bond acceptors (Lipinski definition) is 4. The van der Waals surface area contributed by atoms with E-state index in [4.69, 9.17) is 11.6 Å². The molecule has 35 heavy (non-hydrogen) atoms. The van der Waals surface area contributed by atoms with Crippen LogP contribution in [0.4, 0.5) is 4.39 Å². The van der Waals surface area contributed by atoms with Crippen molar-refractivity contribution in [2.24, 2.45) is 11.8 Å². The Hall–Kier alpha value is -3.26. The van der Waals surface area contributed by atoms with Crippen molar-refractivity contribution in [3.8, 4) is 11.3 Å². The summed E-state index contributed by atoms with van der Waals surface area (Å²) in [6, 6.07) is 3.60. The molecule has 0 radical (unpaired) electrons. The van der Waals surface area contributed by atoms with Gasteiger partial charge in [-0.2, -0.15) is 9.78 Å². The Morgan fingerprint density at radius 2 is 1.97 bits per heavy atom. The molecule has 2 N–H and O–H groups in total. The number of amides is 1. The largest absolute Gasteiger partial charge is 0.478 e. The van der Waals surface area contributed by atoms with Crippen LogP contribution in [0.3, 0.4) is 0 Å². The molecule has 2 aromatic rings. The smallest absolute Gasteiger partial charge is 0.335 e. The normalized spacial score (nSPS) is 17.9. The summed E-state index contributed by atoms with van der Waals surface area (Å²) in [5.41, 5.74) is 2.63. The Morgan fingerprint density at radius 1 is 1.26 bits per heavy atom. The summed E-state index contributed by atoms with van der Waals surface area (Å²) in [6.45, 7) is 5.78. The number of nitrogens with zero attached hydrogens (tertiary/aromatic N) is 2. The van der Waals surface area contributed by atoms with Crippen molar-refractivity contribution in [1.82, 2.24) is 15.1 Å². The van der Waals surface area contributed by atoms with Gasteiger partial charge in [-0.1, -0.05) is 30.7 Å². The Kier molecular flexibility index (Phi) is 6.94. The Bertz CT molecular complexity index is 1280. The molecule has 1 aromatic heterocycles. The number of carboxylic acid groups (broad SMARTS) is 1. The van der Waals surface area contributed by atoms with Gasteiger partial charge >= 0.3 is 5.97 Å². The van der Waals surface area contributed by atoms with Gasteiger partial charge in [0.1, 0.15) is 5.82 Å². The summed E-state index contributed by atoms with van der Waals surface area (Å²) in [7, 11) is 1.56. The molecule has 1 atom stereocenters. The molecule has 0 saturated heterocycles. The first-order valence-electron chi connectivity index (χ1n) is 11.7. The van der Waals surface area contributed by atoms with Gasteiger partial charge in [0, 0.05) is 35.5 Å². The van der Waals surface area contributed by atoms with Gasteiger partial charge in [-0.05, 0) is 56.2 Å². The summed E-state index contributed by atoms with van der Waals surface area (Å²) >= 11 is 6.32. The van der Waals surface area contributed by atoms with Crippen LogP contribution in [0.15, 0.2) is 41.0 Å². The summed E-state index contributed by atoms with van der Waals surface area (Å²) in [6.07, 6.45) is 3.79. The van der Waals surface area contributed by atoms with Crippen LogP contribution in [0.5, 0.6) is 0 Å². The molecule has 1 aromatic carbocycles. The lowest BCUT2D eigenvalue weighted by Crippen LogP contribution is -2.33. The molecule has 2 aliphatic rings. The number of fused-ring (bicyclic) bond motifs is 1. The van der Waals surface area contributed by atoms with Crippen molar-refractivity contribution in [2.75, 3.05) is 7.05 Å². The van der Waals surface area contributed by atoms with Crippen molar-refractivity contribution < 1.29 is 23.9 Å². The zero-order valence-corrected chi connectivity index (χ0v) is 20.4. The number of carbonyl (C=O) groups is 3. The minimum absolute atomic E-state index is 0.101. The molecule has 0 aliphatic heterocycles. The van der Waals surface area contributed by atoms with Crippen LogP contribution in [0, 0.1) is 17.7 Å². The van der Waals surface area contributed by atoms with Gasteiger partial charge in [-0.15, -0.1) is 0 Å². The van der Waals surface area contributed by atoms with E-state index in [1.807, 2.05) is 6.92 Å². The number of aromatic nitrogens is 2. The van der Waals surface area contributed by atoms with Gasteiger partial charge in [-0.25, -0.2) is 9.18 Å². The number of allylic oxidation sites excluding steroid dienone is 3. The molecule has 0 bridgehead atoms. The zero-order chi connectivity index (χ0) is 25.4. The molecular weight excluding hydrogens is 473 g/mol. The first kappa shape index (κ1) is 24.9. The highest BCUT2D eigenvalue weighted by atomic mass is 35.5. The quantitative estimate of drug-likeness (QED) is 0.423. The number of rotatable bonds is 7. The molecule has 1 saturated carbocycles. The second kappa shape index (κ2) is 9.77. The number of hydrogen-bond donors (Lipinski definition) is 2. The molecule has 1 unspecified atom stereocenters. The molecule has 1 heterocycles. The maximum absolute atomic E-state index is 15.0. The van der Waals surface area contributed by atoms with Crippen molar-refractivity contribution >= 4 is 29.4 Å². The lowest BCUT2D eigenvalue weighted by molar-refractivity contribution is -0.124.